The molecule has 6 heteroatoms. The van der Waals surface area contributed by atoms with Crippen molar-refractivity contribution >= 4 is 11.5 Å². The largest absolute Gasteiger partial charge is 0.378 e. The smallest absolute Gasteiger partial charge is 0.159 e. The first-order chi connectivity index (χ1) is 13.8. The van der Waals surface area contributed by atoms with E-state index >= 15 is 0 Å². The van der Waals surface area contributed by atoms with Crippen molar-refractivity contribution in [3.63, 3.8) is 0 Å². The molecule has 0 atom stereocenters. The van der Waals surface area contributed by atoms with Gasteiger partial charge in [-0.1, -0.05) is 12.1 Å². The summed E-state index contributed by atoms with van der Waals surface area (Å²) in [5.74, 6) is 1.72. The van der Waals surface area contributed by atoms with Crippen LogP contribution in [0.1, 0.15) is 22.3 Å². The third kappa shape index (κ3) is 3.16. The molecule has 1 saturated heterocycles. The fraction of sp³-hybridized carbons (Fsp3) is 0.273. The van der Waals surface area contributed by atoms with Crippen LogP contribution >= 0.6 is 0 Å². The second-order valence-electron chi connectivity index (χ2n) is 7.12. The number of fused-ring (bicyclic) bond motifs is 1. The van der Waals surface area contributed by atoms with E-state index < -0.39 is 0 Å². The zero-order valence-corrected chi connectivity index (χ0v) is 15.8. The summed E-state index contributed by atoms with van der Waals surface area (Å²) < 4.78 is 5.46. The normalized spacial score (nSPS) is 16.0. The lowest BCUT2D eigenvalue weighted by Crippen LogP contribution is -2.36. The number of aryl methyl sites for hydroxylation is 1. The standard InChI is InChI=1S/C22H21N5O/c1-15-12-25-22(26-13-15)17-2-3-18-14-24-21(19(18)10-17)16-4-5-23-20(11-16)27-6-8-28-9-7-27/h2-5,10-13H,6-9,14H2,1H3. The van der Waals surface area contributed by atoms with Crippen LogP contribution in [0, 0.1) is 6.92 Å². The maximum atomic E-state index is 5.46. The number of pyridine rings is 1. The molecule has 2 aliphatic rings. The average molecular weight is 371 g/mol. The number of anilines is 1. The third-order valence-corrected chi connectivity index (χ3v) is 5.17. The molecule has 1 aromatic carbocycles. The van der Waals surface area contributed by atoms with Gasteiger partial charge >= 0.3 is 0 Å². The molecule has 6 nitrogen and oxygen atoms in total. The number of hydrogen-bond acceptors (Lipinski definition) is 6. The number of rotatable bonds is 3. The van der Waals surface area contributed by atoms with E-state index in [1.807, 2.05) is 31.6 Å². The summed E-state index contributed by atoms with van der Waals surface area (Å²) in [6, 6.07) is 10.5. The molecular formula is C22H21N5O. The van der Waals surface area contributed by atoms with Gasteiger partial charge in [-0.25, -0.2) is 15.0 Å². The highest BCUT2D eigenvalue weighted by atomic mass is 16.5. The van der Waals surface area contributed by atoms with Crippen LogP contribution in [-0.2, 0) is 11.3 Å². The first-order valence-electron chi connectivity index (χ1n) is 9.54. The van der Waals surface area contributed by atoms with E-state index in [0.29, 0.717) is 6.54 Å². The van der Waals surface area contributed by atoms with Crippen LogP contribution in [0.15, 0.2) is 53.9 Å². The lowest BCUT2D eigenvalue weighted by atomic mass is 9.98. The Balaban J connectivity index is 1.49. The van der Waals surface area contributed by atoms with Crippen molar-refractivity contribution in [1.82, 2.24) is 15.0 Å². The number of aliphatic imine (C=N–C) groups is 1. The molecule has 5 rings (SSSR count). The van der Waals surface area contributed by atoms with Gasteiger partial charge < -0.3 is 9.64 Å². The number of benzene rings is 1. The lowest BCUT2D eigenvalue weighted by molar-refractivity contribution is 0.122. The van der Waals surface area contributed by atoms with Gasteiger partial charge in [-0.05, 0) is 36.2 Å². The number of ether oxygens (including phenoxy) is 1. The zero-order chi connectivity index (χ0) is 18.9. The van der Waals surface area contributed by atoms with Crippen molar-refractivity contribution in [3.8, 4) is 11.4 Å². The fourth-order valence-corrected chi connectivity index (χ4v) is 3.64. The van der Waals surface area contributed by atoms with Crippen molar-refractivity contribution < 1.29 is 4.74 Å². The Morgan fingerprint density at radius 2 is 1.75 bits per heavy atom. The molecule has 28 heavy (non-hydrogen) atoms. The topological polar surface area (TPSA) is 63.5 Å². The molecule has 140 valence electrons. The maximum Gasteiger partial charge on any atom is 0.159 e. The van der Waals surface area contributed by atoms with Crippen LogP contribution in [-0.4, -0.2) is 47.0 Å². The summed E-state index contributed by atoms with van der Waals surface area (Å²) in [4.78, 5) is 20.6. The Morgan fingerprint density at radius 1 is 0.929 bits per heavy atom. The van der Waals surface area contributed by atoms with Gasteiger partial charge in [0.1, 0.15) is 5.82 Å². The number of aromatic nitrogens is 3. The second-order valence-corrected chi connectivity index (χ2v) is 7.12. The van der Waals surface area contributed by atoms with E-state index in [0.717, 1.165) is 65.9 Å². The molecule has 0 amide bonds. The Labute approximate surface area is 164 Å². The zero-order valence-electron chi connectivity index (χ0n) is 15.8. The number of hydrogen-bond donors (Lipinski definition) is 0. The molecule has 4 heterocycles. The molecule has 0 bridgehead atoms. The molecule has 0 radical (unpaired) electrons. The van der Waals surface area contributed by atoms with Crippen LogP contribution in [0.3, 0.4) is 0 Å². The van der Waals surface area contributed by atoms with Crippen LogP contribution < -0.4 is 4.90 Å². The molecule has 0 spiro atoms. The van der Waals surface area contributed by atoms with Gasteiger partial charge in [0.05, 0.1) is 25.5 Å². The second kappa shape index (κ2) is 7.13. The molecular weight excluding hydrogens is 350 g/mol. The van der Waals surface area contributed by atoms with Crippen molar-refractivity contribution in [2.24, 2.45) is 4.99 Å². The van der Waals surface area contributed by atoms with Gasteiger partial charge in [0, 0.05) is 48.4 Å². The monoisotopic (exact) mass is 371 g/mol. The van der Waals surface area contributed by atoms with Gasteiger partial charge in [-0.2, -0.15) is 0 Å². The van der Waals surface area contributed by atoms with Crippen molar-refractivity contribution in [1.29, 1.82) is 0 Å². The highest BCUT2D eigenvalue weighted by Crippen LogP contribution is 2.28. The minimum Gasteiger partial charge on any atom is -0.378 e. The molecule has 3 aromatic rings. The maximum absolute atomic E-state index is 5.46. The lowest BCUT2D eigenvalue weighted by Gasteiger charge is -2.28. The van der Waals surface area contributed by atoms with E-state index in [-0.39, 0.29) is 0 Å². The molecule has 0 saturated carbocycles. The quantitative estimate of drug-likeness (QED) is 0.708. The average Bonchev–Trinajstić information content (AvgIpc) is 3.18. The summed E-state index contributed by atoms with van der Waals surface area (Å²) in [5, 5.41) is 0. The van der Waals surface area contributed by atoms with Crippen LogP contribution in [0.25, 0.3) is 11.4 Å². The minimum atomic E-state index is 0.703. The summed E-state index contributed by atoms with van der Waals surface area (Å²) >= 11 is 0. The van der Waals surface area contributed by atoms with Crippen molar-refractivity contribution in [3.05, 3.63) is 71.2 Å². The van der Waals surface area contributed by atoms with E-state index in [4.69, 9.17) is 9.73 Å². The number of nitrogens with zero attached hydrogens (tertiary/aromatic N) is 5. The first-order valence-corrected chi connectivity index (χ1v) is 9.54. The Hall–Kier alpha value is -3.12. The fourth-order valence-electron chi connectivity index (χ4n) is 3.64. The summed E-state index contributed by atoms with van der Waals surface area (Å²) in [6.07, 6.45) is 5.57. The Bertz CT molecular complexity index is 1040. The molecule has 2 aliphatic heterocycles. The SMILES string of the molecule is Cc1cnc(-c2ccc3c(c2)C(c2ccnc(N4CCOCC4)c2)=NC3)nc1. The predicted octanol–water partition coefficient (Wildman–Crippen LogP) is 3.03. The van der Waals surface area contributed by atoms with Crippen molar-refractivity contribution in [2.75, 3.05) is 31.2 Å². The number of morpholine rings is 1. The predicted molar refractivity (Wildman–Crippen MR) is 109 cm³/mol. The van der Waals surface area contributed by atoms with Crippen LogP contribution in [0.5, 0.6) is 0 Å². The third-order valence-electron chi connectivity index (χ3n) is 5.17. The summed E-state index contributed by atoms with van der Waals surface area (Å²) in [5.41, 5.74) is 6.56. The van der Waals surface area contributed by atoms with Gasteiger partial charge in [0.2, 0.25) is 0 Å². The molecule has 1 fully saturated rings. The van der Waals surface area contributed by atoms with E-state index in [1.54, 1.807) is 0 Å². The van der Waals surface area contributed by atoms with E-state index in [9.17, 15) is 0 Å². The van der Waals surface area contributed by atoms with Gasteiger partial charge in [-0.15, -0.1) is 0 Å². The van der Waals surface area contributed by atoms with Gasteiger partial charge in [-0.3, -0.25) is 4.99 Å². The molecule has 2 aromatic heterocycles. The highest BCUT2D eigenvalue weighted by molar-refractivity contribution is 6.15. The molecule has 0 unspecified atom stereocenters. The summed E-state index contributed by atoms with van der Waals surface area (Å²) in [6.45, 7) is 5.93. The van der Waals surface area contributed by atoms with Crippen molar-refractivity contribution in [2.45, 2.75) is 13.5 Å². The Morgan fingerprint density at radius 3 is 2.57 bits per heavy atom. The van der Waals surface area contributed by atoms with Crippen LogP contribution in [0.2, 0.25) is 0 Å². The molecule has 0 aliphatic carbocycles. The Kier molecular flexibility index (Phi) is 4.33. The van der Waals surface area contributed by atoms with Gasteiger partial charge in [0.25, 0.3) is 0 Å². The summed E-state index contributed by atoms with van der Waals surface area (Å²) in [7, 11) is 0. The van der Waals surface area contributed by atoms with E-state index in [2.05, 4.69) is 44.1 Å². The van der Waals surface area contributed by atoms with E-state index in [1.165, 1.54) is 5.56 Å². The minimum absolute atomic E-state index is 0.703. The first kappa shape index (κ1) is 17.0. The highest BCUT2D eigenvalue weighted by Gasteiger charge is 2.20. The van der Waals surface area contributed by atoms with Gasteiger partial charge in [0.15, 0.2) is 5.82 Å². The molecule has 0 N–H and O–H groups in total. The van der Waals surface area contributed by atoms with Crippen LogP contribution in [0.4, 0.5) is 5.82 Å².